The third kappa shape index (κ3) is 7.93. The molecule has 7 N–H and O–H groups in total. The van der Waals surface area contributed by atoms with Crippen LogP contribution >= 0.6 is 0 Å². The minimum absolute atomic E-state index is 0. The topological polar surface area (TPSA) is 142 Å². The summed E-state index contributed by atoms with van der Waals surface area (Å²) >= 11 is 0. The van der Waals surface area contributed by atoms with Gasteiger partial charge in [-0.05, 0) is 6.42 Å². The molecule has 18 heavy (non-hydrogen) atoms. The van der Waals surface area contributed by atoms with Gasteiger partial charge in [-0.15, -0.1) is 0 Å². The molecule has 0 aliphatic rings. The van der Waals surface area contributed by atoms with Gasteiger partial charge in [0.2, 0.25) is 0 Å². The SMILES string of the molecule is CCCCCOC[C@H](O)[C@@H](O)[C@H](O)[C@H](O)CO.O. The van der Waals surface area contributed by atoms with Crippen molar-refractivity contribution >= 4 is 0 Å². The first-order valence-electron chi connectivity index (χ1n) is 5.95. The lowest BCUT2D eigenvalue weighted by molar-refractivity contribution is -0.129. The molecular formula is C11H26O7. The van der Waals surface area contributed by atoms with Crippen molar-refractivity contribution in [3.05, 3.63) is 0 Å². The Hall–Kier alpha value is -0.280. The van der Waals surface area contributed by atoms with Crippen LogP contribution in [0, 0.1) is 0 Å². The Morgan fingerprint density at radius 3 is 2.00 bits per heavy atom. The Labute approximate surface area is 107 Å². The van der Waals surface area contributed by atoms with Gasteiger partial charge in [-0.2, -0.15) is 0 Å². The van der Waals surface area contributed by atoms with E-state index < -0.39 is 31.0 Å². The highest BCUT2D eigenvalue weighted by Gasteiger charge is 2.29. The van der Waals surface area contributed by atoms with E-state index in [0.29, 0.717) is 6.61 Å². The average molecular weight is 270 g/mol. The van der Waals surface area contributed by atoms with E-state index in [4.69, 9.17) is 14.9 Å². The average Bonchev–Trinajstić information content (AvgIpc) is 2.35. The van der Waals surface area contributed by atoms with Gasteiger partial charge in [-0.3, -0.25) is 0 Å². The van der Waals surface area contributed by atoms with Crippen molar-refractivity contribution in [1.29, 1.82) is 0 Å². The van der Waals surface area contributed by atoms with Crippen molar-refractivity contribution in [1.82, 2.24) is 0 Å². The standard InChI is InChI=1S/C11H24O6.H2O/c1-2-3-4-5-17-7-9(14)11(16)10(15)8(13)6-12;/h8-16H,2-7H2,1H3;1H2/t8-,9+,10-,11-;/m1./s1. The van der Waals surface area contributed by atoms with E-state index in [-0.39, 0.29) is 12.1 Å². The van der Waals surface area contributed by atoms with E-state index in [1.165, 1.54) is 0 Å². The van der Waals surface area contributed by atoms with Crippen molar-refractivity contribution in [2.45, 2.75) is 50.6 Å². The normalized spacial score (nSPS) is 17.7. The van der Waals surface area contributed by atoms with E-state index in [2.05, 4.69) is 6.92 Å². The maximum absolute atomic E-state index is 9.46. The molecule has 0 saturated carbocycles. The molecule has 0 unspecified atom stereocenters. The van der Waals surface area contributed by atoms with Crippen LogP contribution in [-0.4, -0.2) is 75.2 Å². The summed E-state index contributed by atoms with van der Waals surface area (Å²) < 4.78 is 5.12. The fourth-order valence-electron chi connectivity index (χ4n) is 1.32. The first-order chi connectivity index (χ1) is 8.04. The number of rotatable bonds is 10. The van der Waals surface area contributed by atoms with E-state index in [1.807, 2.05) is 0 Å². The second-order valence-electron chi connectivity index (χ2n) is 4.08. The van der Waals surface area contributed by atoms with Gasteiger partial charge in [0.15, 0.2) is 0 Å². The highest BCUT2D eigenvalue weighted by atomic mass is 16.5. The van der Waals surface area contributed by atoms with E-state index in [0.717, 1.165) is 19.3 Å². The van der Waals surface area contributed by atoms with Gasteiger partial charge in [0.25, 0.3) is 0 Å². The van der Waals surface area contributed by atoms with Gasteiger partial charge in [0.1, 0.15) is 24.4 Å². The first kappa shape index (κ1) is 20.0. The maximum Gasteiger partial charge on any atom is 0.111 e. The zero-order chi connectivity index (χ0) is 13.3. The summed E-state index contributed by atoms with van der Waals surface area (Å²) in [5.41, 5.74) is 0. The monoisotopic (exact) mass is 270 g/mol. The van der Waals surface area contributed by atoms with Gasteiger partial charge in [0.05, 0.1) is 13.2 Å². The number of hydrogen-bond donors (Lipinski definition) is 5. The molecule has 0 aromatic heterocycles. The van der Waals surface area contributed by atoms with Crippen LogP contribution in [0.25, 0.3) is 0 Å². The molecule has 0 aliphatic carbocycles. The number of ether oxygens (including phenoxy) is 1. The van der Waals surface area contributed by atoms with E-state index in [9.17, 15) is 15.3 Å². The van der Waals surface area contributed by atoms with Gasteiger partial charge in [-0.1, -0.05) is 19.8 Å². The molecule has 0 radical (unpaired) electrons. The molecule has 0 saturated heterocycles. The third-order valence-electron chi connectivity index (χ3n) is 2.51. The fraction of sp³-hybridized carbons (Fsp3) is 1.00. The molecule has 0 bridgehead atoms. The molecule has 0 aliphatic heterocycles. The zero-order valence-electron chi connectivity index (χ0n) is 10.7. The Morgan fingerprint density at radius 2 is 1.50 bits per heavy atom. The summed E-state index contributed by atoms with van der Waals surface area (Å²) in [6, 6.07) is 0. The van der Waals surface area contributed by atoms with Crippen LogP contribution in [0.5, 0.6) is 0 Å². The molecule has 0 aromatic rings. The van der Waals surface area contributed by atoms with Crippen LogP contribution in [0.3, 0.4) is 0 Å². The van der Waals surface area contributed by atoms with Crippen LogP contribution in [0.2, 0.25) is 0 Å². The third-order valence-corrected chi connectivity index (χ3v) is 2.51. The zero-order valence-corrected chi connectivity index (χ0v) is 10.7. The number of aliphatic hydroxyl groups is 5. The molecule has 0 spiro atoms. The smallest absolute Gasteiger partial charge is 0.111 e. The Morgan fingerprint density at radius 1 is 0.944 bits per heavy atom. The van der Waals surface area contributed by atoms with Crippen molar-refractivity contribution in [3.63, 3.8) is 0 Å². The fourth-order valence-corrected chi connectivity index (χ4v) is 1.32. The highest BCUT2D eigenvalue weighted by Crippen LogP contribution is 2.06. The van der Waals surface area contributed by atoms with Crippen molar-refractivity contribution < 1.29 is 35.7 Å². The molecular weight excluding hydrogens is 244 g/mol. The van der Waals surface area contributed by atoms with E-state index in [1.54, 1.807) is 0 Å². The largest absolute Gasteiger partial charge is 0.412 e. The minimum atomic E-state index is -1.59. The highest BCUT2D eigenvalue weighted by molar-refractivity contribution is 4.80. The summed E-state index contributed by atoms with van der Waals surface area (Å²) in [4.78, 5) is 0. The van der Waals surface area contributed by atoms with Crippen LogP contribution in [-0.2, 0) is 4.74 Å². The summed E-state index contributed by atoms with van der Waals surface area (Å²) in [7, 11) is 0. The van der Waals surface area contributed by atoms with Crippen molar-refractivity contribution in [2.24, 2.45) is 0 Å². The number of aliphatic hydroxyl groups excluding tert-OH is 5. The summed E-state index contributed by atoms with van der Waals surface area (Å²) in [6.07, 6.45) is -2.91. The molecule has 0 fully saturated rings. The Kier molecular flexibility index (Phi) is 13.1. The summed E-state index contributed by atoms with van der Waals surface area (Å²) in [5.74, 6) is 0. The second kappa shape index (κ2) is 11.8. The van der Waals surface area contributed by atoms with Crippen LogP contribution in [0.4, 0.5) is 0 Å². The molecule has 0 aromatic carbocycles. The minimum Gasteiger partial charge on any atom is -0.412 e. The van der Waals surface area contributed by atoms with Gasteiger partial charge in [0, 0.05) is 6.61 Å². The van der Waals surface area contributed by atoms with Crippen molar-refractivity contribution in [2.75, 3.05) is 19.8 Å². The summed E-state index contributed by atoms with van der Waals surface area (Å²) in [5, 5.41) is 45.9. The van der Waals surface area contributed by atoms with Crippen LogP contribution < -0.4 is 0 Å². The molecule has 0 heterocycles. The Bertz CT molecular complexity index is 179. The number of unbranched alkanes of at least 4 members (excludes halogenated alkanes) is 2. The quantitative estimate of drug-likeness (QED) is 0.285. The second-order valence-corrected chi connectivity index (χ2v) is 4.08. The maximum atomic E-state index is 9.46. The molecule has 0 amide bonds. The predicted octanol–water partition coefficient (Wildman–Crippen LogP) is -2.20. The van der Waals surface area contributed by atoms with Crippen molar-refractivity contribution in [3.8, 4) is 0 Å². The molecule has 0 rings (SSSR count). The first-order valence-corrected chi connectivity index (χ1v) is 5.95. The Balaban J connectivity index is 0. The van der Waals surface area contributed by atoms with Gasteiger partial charge in [-0.25, -0.2) is 0 Å². The lowest BCUT2D eigenvalue weighted by Gasteiger charge is -2.25. The predicted molar refractivity (Wildman–Crippen MR) is 65.1 cm³/mol. The molecule has 7 nitrogen and oxygen atoms in total. The van der Waals surface area contributed by atoms with Crippen LogP contribution in [0.15, 0.2) is 0 Å². The summed E-state index contributed by atoms with van der Waals surface area (Å²) in [6.45, 7) is 1.75. The molecule has 112 valence electrons. The van der Waals surface area contributed by atoms with Gasteiger partial charge < -0.3 is 35.7 Å². The lowest BCUT2D eigenvalue weighted by Crippen LogP contribution is -2.47. The van der Waals surface area contributed by atoms with Gasteiger partial charge >= 0.3 is 0 Å². The molecule has 4 atom stereocenters. The van der Waals surface area contributed by atoms with E-state index >= 15 is 0 Å². The number of hydrogen-bond acceptors (Lipinski definition) is 6. The van der Waals surface area contributed by atoms with Crippen LogP contribution in [0.1, 0.15) is 26.2 Å². The molecule has 7 heteroatoms. The lowest BCUT2D eigenvalue weighted by atomic mass is 10.0.